The molecule has 10 rings (SSSR count). The van der Waals surface area contributed by atoms with Crippen molar-refractivity contribution in [1.29, 1.82) is 0 Å². The van der Waals surface area contributed by atoms with Crippen LogP contribution in [0.1, 0.15) is 0 Å². The van der Waals surface area contributed by atoms with Crippen molar-refractivity contribution >= 4 is 54.6 Å². The Morgan fingerprint density at radius 1 is 0.396 bits per heavy atom. The zero-order chi connectivity index (χ0) is 31.6. The molecular formula is C42H24N4O2. The number of hydrogen-bond donors (Lipinski definition) is 0. The third-order valence-electron chi connectivity index (χ3n) is 9.05. The van der Waals surface area contributed by atoms with Crippen molar-refractivity contribution in [1.82, 2.24) is 19.9 Å². The molecule has 0 aliphatic rings. The number of rotatable bonds is 4. The summed E-state index contributed by atoms with van der Waals surface area (Å²) in [6, 6.07) is 45.4. The minimum absolute atomic E-state index is 0.559. The second-order valence-corrected chi connectivity index (χ2v) is 11.9. The predicted octanol–water partition coefficient (Wildman–Crippen LogP) is 10.9. The van der Waals surface area contributed by atoms with Gasteiger partial charge >= 0.3 is 0 Å². The second kappa shape index (κ2) is 10.4. The molecule has 0 bridgehead atoms. The van der Waals surface area contributed by atoms with Crippen molar-refractivity contribution in [2.75, 3.05) is 0 Å². The first kappa shape index (κ1) is 26.5. The number of furan rings is 2. The smallest absolute Gasteiger partial charge is 0.164 e. The summed E-state index contributed by atoms with van der Waals surface area (Å²) in [6.07, 6.45) is 3.52. The maximum absolute atomic E-state index is 6.23. The highest BCUT2D eigenvalue weighted by Crippen LogP contribution is 2.39. The van der Waals surface area contributed by atoms with E-state index in [2.05, 4.69) is 83.8 Å². The lowest BCUT2D eigenvalue weighted by Gasteiger charge is -2.11. The van der Waals surface area contributed by atoms with Gasteiger partial charge in [0.2, 0.25) is 0 Å². The largest absolute Gasteiger partial charge is 0.456 e. The average molecular weight is 617 g/mol. The number of fused-ring (bicyclic) bond motifs is 7. The zero-order valence-electron chi connectivity index (χ0n) is 25.5. The third kappa shape index (κ3) is 4.20. The standard InChI is InChI=1S/C42H24N4O2/c1-2-8-28-23-29(20-17-25(28)7-1)26-15-18-27(19-16-26)40-44-41(32-10-5-13-35-38(32)30-9-3-4-12-34(30)47-35)46-42(45-40)33-11-6-14-36-39(33)31-21-22-43-24-37(31)48-36/h1-24H. The molecule has 6 heteroatoms. The predicted molar refractivity (Wildman–Crippen MR) is 191 cm³/mol. The Labute approximate surface area is 274 Å². The molecule has 0 unspecified atom stereocenters. The van der Waals surface area contributed by atoms with Gasteiger partial charge in [0.25, 0.3) is 0 Å². The zero-order valence-corrected chi connectivity index (χ0v) is 25.5. The van der Waals surface area contributed by atoms with Crippen molar-refractivity contribution < 1.29 is 8.83 Å². The fourth-order valence-electron chi connectivity index (χ4n) is 6.75. The van der Waals surface area contributed by atoms with Gasteiger partial charge in [-0.2, -0.15) is 0 Å². The van der Waals surface area contributed by atoms with Crippen LogP contribution in [0, 0.1) is 0 Å². The fourth-order valence-corrected chi connectivity index (χ4v) is 6.75. The van der Waals surface area contributed by atoms with E-state index < -0.39 is 0 Å². The van der Waals surface area contributed by atoms with Gasteiger partial charge in [0.05, 0.1) is 6.20 Å². The van der Waals surface area contributed by atoms with Gasteiger partial charge in [-0.1, -0.05) is 103 Å². The van der Waals surface area contributed by atoms with Gasteiger partial charge < -0.3 is 8.83 Å². The molecule has 10 aromatic rings. The molecule has 6 aromatic carbocycles. The van der Waals surface area contributed by atoms with E-state index in [9.17, 15) is 0 Å². The highest BCUT2D eigenvalue weighted by Gasteiger charge is 2.20. The van der Waals surface area contributed by atoms with Gasteiger partial charge in [-0.05, 0) is 52.2 Å². The fraction of sp³-hybridized carbons (Fsp3) is 0. The molecule has 0 aliphatic heterocycles. The van der Waals surface area contributed by atoms with E-state index in [0.29, 0.717) is 23.1 Å². The van der Waals surface area contributed by atoms with Crippen LogP contribution in [-0.4, -0.2) is 19.9 Å². The molecule has 0 N–H and O–H groups in total. The Morgan fingerprint density at radius 3 is 1.75 bits per heavy atom. The SMILES string of the molecule is c1ccc2cc(-c3ccc(-c4nc(-c5cccc6oc7ccccc7c56)nc(-c5cccc6oc7cnccc7c56)n4)cc3)ccc2c1. The summed E-state index contributed by atoms with van der Waals surface area (Å²) in [5.41, 5.74) is 7.98. The number of pyridine rings is 1. The van der Waals surface area contributed by atoms with Crippen LogP contribution in [0.25, 0.3) is 99.9 Å². The topological polar surface area (TPSA) is 77.8 Å². The molecule has 0 saturated heterocycles. The molecule has 224 valence electrons. The summed E-state index contributed by atoms with van der Waals surface area (Å²) in [5, 5.41) is 6.32. The number of nitrogens with zero attached hydrogens (tertiary/aromatic N) is 4. The highest BCUT2D eigenvalue weighted by molar-refractivity contribution is 6.13. The minimum atomic E-state index is 0.559. The van der Waals surface area contributed by atoms with Gasteiger partial charge in [0, 0.05) is 44.4 Å². The summed E-state index contributed by atoms with van der Waals surface area (Å²) >= 11 is 0. The molecule has 0 saturated carbocycles. The van der Waals surface area contributed by atoms with Gasteiger partial charge in [-0.25, -0.2) is 15.0 Å². The second-order valence-electron chi connectivity index (χ2n) is 11.9. The number of aromatic nitrogens is 4. The summed E-state index contributed by atoms with van der Waals surface area (Å²) < 4.78 is 12.4. The van der Waals surface area contributed by atoms with Crippen LogP contribution in [0.4, 0.5) is 0 Å². The maximum atomic E-state index is 6.23. The molecule has 4 aromatic heterocycles. The van der Waals surface area contributed by atoms with Crippen molar-refractivity contribution in [2.45, 2.75) is 0 Å². The Kier molecular flexibility index (Phi) is 5.77. The molecule has 0 aliphatic carbocycles. The van der Waals surface area contributed by atoms with E-state index in [1.54, 1.807) is 12.4 Å². The van der Waals surface area contributed by atoms with Crippen molar-refractivity contribution in [2.24, 2.45) is 0 Å². The monoisotopic (exact) mass is 616 g/mol. The average Bonchev–Trinajstić information content (AvgIpc) is 3.73. The van der Waals surface area contributed by atoms with E-state index in [1.165, 1.54) is 10.8 Å². The highest BCUT2D eigenvalue weighted by atomic mass is 16.3. The number of para-hydroxylation sites is 1. The summed E-state index contributed by atoms with van der Waals surface area (Å²) in [7, 11) is 0. The number of benzene rings is 6. The molecule has 0 radical (unpaired) electrons. The maximum Gasteiger partial charge on any atom is 0.164 e. The summed E-state index contributed by atoms with van der Waals surface area (Å²) in [5.74, 6) is 1.71. The lowest BCUT2D eigenvalue weighted by Crippen LogP contribution is -2.00. The normalized spacial score (nSPS) is 11.8. The lowest BCUT2D eigenvalue weighted by atomic mass is 10.00. The van der Waals surface area contributed by atoms with Gasteiger partial charge in [0.1, 0.15) is 16.7 Å². The van der Waals surface area contributed by atoms with Crippen LogP contribution >= 0.6 is 0 Å². The minimum Gasteiger partial charge on any atom is -0.456 e. The van der Waals surface area contributed by atoms with E-state index in [4.69, 9.17) is 23.8 Å². The Morgan fingerprint density at radius 2 is 0.979 bits per heavy atom. The Hall–Kier alpha value is -6.66. The molecule has 0 atom stereocenters. The first-order valence-corrected chi connectivity index (χ1v) is 15.8. The quantitative estimate of drug-likeness (QED) is 0.196. The Balaban J connectivity index is 1.19. The van der Waals surface area contributed by atoms with Crippen molar-refractivity contribution in [3.63, 3.8) is 0 Å². The molecule has 48 heavy (non-hydrogen) atoms. The molecule has 0 fully saturated rings. The van der Waals surface area contributed by atoms with E-state index in [1.807, 2.05) is 54.6 Å². The van der Waals surface area contributed by atoms with E-state index in [0.717, 1.165) is 66.1 Å². The van der Waals surface area contributed by atoms with Gasteiger partial charge in [-0.3, -0.25) is 4.98 Å². The van der Waals surface area contributed by atoms with E-state index in [-0.39, 0.29) is 0 Å². The van der Waals surface area contributed by atoms with Gasteiger partial charge in [-0.15, -0.1) is 0 Å². The summed E-state index contributed by atoms with van der Waals surface area (Å²) in [4.78, 5) is 19.6. The van der Waals surface area contributed by atoms with Crippen molar-refractivity contribution in [3.05, 3.63) is 146 Å². The first-order chi connectivity index (χ1) is 23.8. The molecular weight excluding hydrogens is 592 g/mol. The molecule has 6 nitrogen and oxygen atoms in total. The van der Waals surface area contributed by atoms with Crippen LogP contribution in [0.15, 0.2) is 155 Å². The Bertz CT molecular complexity index is 2720. The van der Waals surface area contributed by atoms with Crippen molar-refractivity contribution in [3.8, 4) is 45.3 Å². The van der Waals surface area contributed by atoms with Crippen LogP contribution < -0.4 is 0 Å². The van der Waals surface area contributed by atoms with Crippen LogP contribution in [-0.2, 0) is 0 Å². The lowest BCUT2D eigenvalue weighted by molar-refractivity contribution is 0.667. The molecule has 0 amide bonds. The van der Waals surface area contributed by atoms with Gasteiger partial charge in [0.15, 0.2) is 23.1 Å². The van der Waals surface area contributed by atoms with E-state index >= 15 is 0 Å². The van der Waals surface area contributed by atoms with Crippen LogP contribution in [0.5, 0.6) is 0 Å². The van der Waals surface area contributed by atoms with Crippen LogP contribution in [0.2, 0.25) is 0 Å². The first-order valence-electron chi connectivity index (χ1n) is 15.8. The molecule has 0 spiro atoms. The number of hydrogen-bond acceptors (Lipinski definition) is 6. The van der Waals surface area contributed by atoms with Crippen LogP contribution in [0.3, 0.4) is 0 Å². The third-order valence-corrected chi connectivity index (χ3v) is 9.05. The molecule has 4 heterocycles. The summed E-state index contributed by atoms with van der Waals surface area (Å²) in [6.45, 7) is 0.